The predicted octanol–water partition coefficient (Wildman–Crippen LogP) is 4.97. The van der Waals surface area contributed by atoms with E-state index in [-0.39, 0.29) is 5.91 Å². The Balaban J connectivity index is 1.75. The molecule has 3 aromatic rings. The van der Waals surface area contributed by atoms with Gasteiger partial charge < -0.3 is 4.74 Å². The maximum Gasteiger partial charge on any atom is 0.279 e. The number of hydrogen-bond donors (Lipinski definition) is 2. The summed E-state index contributed by atoms with van der Waals surface area (Å²) in [4.78, 5) is 12.8. The van der Waals surface area contributed by atoms with E-state index in [2.05, 4.69) is 10.9 Å². The smallest absolute Gasteiger partial charge is 0.279 e. The van der Waals surface area contributed by atoms with E-state index < -0.39 is 0 Å². The SMILES string of the molecule is COc1ccc2sc(C(=O)NNc3cc(Cl)cc(Cl)c3)cc2c1. The number of amides is 1. The molecule has 0 radical (unpaired) electrons. The fourth-order valence-corrected chi connectivity index (χ4v) is 3.54. The molecule has 1 amide bonds. The summed E-state index contributed by atoms with van der Waals surface area (Å²) >= 11 is 13.2. The van der Waals surface area contributed by atoms with Crippen LogP contribution in [0.25, 0.3) is 10.1 Å². The van der Waals surface area contributed by atoms with Crippen molar-refractivity contribution in [3.63, 3.8) is 0 Å². The Hall–Kier alpha value is -1.95. The van der Waals surface area contributed by atoms with Crippen LogP contribution in [0.3, 0.4) is 0 Å². The van der Waals surface area contributed by atoms with Crippen LogP contribution in [-0.4, -0.2) is 13.0 Å². The van der Waals surface area contributed by atoms with E-state index in [4.69, 9.17) is 27.9 Å². The third-order valence-corrected chi connectivity index (χ3v) is 4.68. The predicted molar refractivity (Wildman–Crippen MR) is 95.9 cm³/mol. The average Bonchev–Trinajstić information content (AvgIpc) is 2.94. The zero-order chi connectivity index (χ0) is 16.4. The fourth-order valence-electron chi connectivity index (χ4n) is 2.08. The largest absolute Gasteiger partial charge is 0.497 e. The Morgan fingerprint density at radius 1 is 1.09 bits per heavy atom. The Bertz CT molecular complexity index is 859. The second-order valence-electron chi connectivity index (χ2n) is 4.75. The van der Waals surface area contributed by atoms with Crippen LogP contribution in [0.4, 0.5) is 5.69 Å². The highest BCUT2D eigenvalue weighted by molar-refractivity contribution is 7.20. The third kappa shape index (κ3) is 3.69. The van der Waals surface area contributed by atoms with Gasteiger partial charge in [0.2, 0.25) is 0 Å². The van der Waals surface area contributed by atoms with Gasteiger partial charge in [0.15, 0.2) is 0 Å². The van der Waals surface area contributed by atoms with Crippen molar-refractivity contribution in [2.24, 2.45) is 0 Å². The first-order chi connectivity index (χ1) is 11.0. The van der Waals surface area contributed by atoms with Gasteiger partial charge in [-0.3, -0.25) is 15.6 Å². The number of carbonyl (C=O) groups excluding carboxylic acids is 1. The molecule has 0 fully saturated rings. The molecular formula is C16H12Cl2N2O2S. The molecule has 2 aromatic carbocycles. The zero-order valence-corrected chi connectivity index (χ0v) is 14.4. The topological polar surface area (TPSA) is 50.4 Å². The van der Waals surface area contributed by atoms with Crippen LogP contribution in [0.5, 0.6) is 5.75 Å². The molecule has 2 N–H and O–H groups in total. The second kappa shape index (κ2) is 6.66. The van der Waals surface area contributed by atoms with Crippen LogP contribution in [-0.2, 0) is 0 Å². The van der Waals surface area contributed by atoms with E-state index in [0.717, 1.165) is 15.8 Å². The van der Waals surface area contributed by atoms with Gasteiger partial charge in [0.25, 0.3) is 5.91 Å². The van der Waals surface area contributed by atoms with Gasteiger partial charge in [-0.25, -0.2) is 0 Å². The Kier molecular flexibility index (Phi) is 4.61. The van der Waals surface area contributed by atoms with Crippen molar-refractivity contribution in [1.29, 1.82) is 0 Å². The zero-order valence-electron chi connectivity index (χ0n) is 12.0. The summed E-state index contributed by atoms with van der Waals surface area (Å²) in [6.45, 7) is 0. The van der Waals surface area contributed by atoms with Crippen molar-refractivity contribution >= 4 is 56.2 Å². The van der Waals surface area contributed by atoms with E-state index in [1.807, 2.05) is 24.3 Å². The average molecular weight is 367 g/mol. The molecule has 0 saturated heterocycles. The van der Waals surface area contributed by atoms with Gasteiger partial charge in [-0.1, -0.05) is 23.2 Å². The second-order valence-corrected chi connectivity index (χ2v) is 6.71. The quantitative estimate of drug-likeness (QED) is 0.640. The van der Waals surface area contributed by atoms with Crippen LogP contribution in [0.15, 0.2) is 42.5 Å². The molecule has 3 rings (SSSR count). The molecule has 0 aliphatic rings. The number of benzene rings is 2. The molecule has 0 aliphatic heterocycles. The van der Waals surface area contributed by atoms with Crippen LogP contribution >= 0.6 is 34.5 Å². The Morgan fingerprint density at radius 3 is 2.52 bits per heavy atom. The number of halogens is 2. The van der Waals surface area contributed by atoms with Gasteiger partial charge in [0.1, 0.15) is 5.75 Å². The number of nitrogens with one attached hydrogen (secondary N) is 2. The number of hydrazine groups is 1. The summed E-state index contributed by atoms with van der Waals surface area (Å²) in [5, 5.41) is 1.94. The lowest BCUT2D eigenvalue weighted by molar-refractivity contribution is 0.0966. The normalized spacial score (nSPS) is 10.6. The molecule has 0 aliphatic carbocycles. The lowest BCUT2D eigenvalue weighted by Gasteiger charge is -2.08. The van der Waals surface area contributed by atoms with Gasteiger partial charge in [-0.2, -0.15) is 0 Å². The van der Waals surface area contributed by atoms with Crippen molar-refractivity contribution in [3.05, 3.63) is 57.4 Å². The van der Waals surface area contributed by atoms with Crippen molar-refractivity contribution in [1.82, 2.24) is 5.43 Å². The number of ether oxygens (including phenoxy) is 1. The molecular weight excluding hydrogens is 355 g/mol. The highest BCUT2D eigenvalue weighted by Crippen LogP contribution is 2.29. The van der Waals surface area contributed by atoms with E-state index in [1.165, 1.54) is 11.3 Å². The van der Waals surface area contributed by atoms with Crippen molar-refractivity contribution in [2.75, 3.05) is 12.5 Å². The number of fused-ring (bicyclic) bond motifs is 1. The van der Waals surface area contributed by atoms with E-state index in [9.17, 15) is 4.79 Å². The number of hydrogen-bond acceptors (Lipinski definition) is 4. The summed E-state index contributed by atoms with van der Waals surface area (Å²) in [5.41, 5.74) is 6.05. The van der Waals surface area contributed by atoms with Crippen molar-refractivity contribution < 1.29 is 9.53 Å². The van der Waals surface area contributed by atoms with Gasteiger partial charge in [0, 0.05) is 14.7 Å². The lowest BCUT2D eigenvalue weighted by Crippen LogP contribution is -2.28. The molecule has 1 aromatic heterocycles. The molecule has 0 saturated carbocycles. The minimum absolute atomic E-state index is 0.235. The minimum atomic E-state index is -0.235. The molecule has 0 atom stereocenters. The first kappa shape index (κ1) is 15.9. The van der Waals surface area contributed by atoms with Gasteiger partial charge in [-0.05, 0) is 47.9 Å². The summed E-state index contributed by atoms with van der Waals surface area (Å²) in [6.07, 6.45) is 0. The molecule has 118 valence electrons. The van der Waals surface area contributed by atoms with Gasteiger partial charge in [0.05, 0.1) is 17.7 Å². The van der Waals surface area contributed by atoms with Crippen LogP contribution in [0.2, 0.25) is 10.0 Å². The molecule has 4 nitrogen and oxygen atoms in total. The Morgan fingerprint density at radius 2 is 1.83 bits per heavy atom. The van der Waals surface area contributed by atoms with Gasteiger partial charge in [-0.15, -0.1) is 11.3 Å². The standard InChI is InChI=1S/C16H12Cl2N2O2S/c1-22-13-2-3-14-9(4-13)5-15(23-14)16(21)20-19-12-7-10(17)6-11(18)8-12/h2-8,19H,1H3,(H,20,21). The number of anilines is 1. The molecule has 23 heavy (non-hydrogen) atoms. The summed E-state index contributed by atoms with van der Waals surface area (Å²) in [5.74, 6) is 0.523. The van der Waals surface area contributed by atoms with E-state index >= 15 is 0 Å². The van der Waals surface area contributed by atoms with Crippen LogP contribution in [0, 0.1) is 0 Å². The van der Waals surface area contributed by atoms with Crippen LogP contribution < -0.4 is 15.6 Å². The summed E-state index contributed by atoms with van der Waals surface area (Å²) in [6, 6.07) is 12.5. The first-order valence-corrected chi connectivity index (χ1v) is 8.22. The summed E-state index contributed by atoms with van der Waals surface area (Å²) in [7, 11) is 1.61. The van der Waals surface area contributed by atoms with Crippen molar-refractivity contribution in [2.45, 2.75) is 0 Å². The molecule has 0 bridgehead atoms. The number of thiophene rings is 1. The van der Waals surface area contributed by atoms with E-state index in [1.54, 1.807) is 25.3 Å². The Labute approximate surface area is 146 Å². The maximum atomic E-state index is 12.3. The number of carbonyl (C=O) groups is 1. The number of rotatable bonds is 4. The number of methoxy groups -OCH3 is 1. The third-order valence-electron chi connectivity index (χ3n) is 3.13. The summed E-state index contributed by atoms with van der Waals surface area (Å²) < 4.78 is 6.20. The first-order valence-electron chi connectivity index (χ1n) is 6.65. The highest BCUT2D eigenvalue weighted by Gasteiger charge is 2.11. The minimum Gasteiger partial charge on any atom is -0.497 e. The van der Waals surface area contributed by atoms with E-state index in [0.29, 0.717) is 20.6 Å². The lowest BCUT2D eigenvalue weighted by atomic mass is 10.2. The van der Waals surface area contributed by atoms with Gasteiger partial charge >= 0.3 is 0 Å². The van der Waals surface area contributed by atoms with Crippen molar-refractivity contribution in [3.8, 4) is 5.75 Å². The highest BCUT2D eigenvalue weighted by atomic mass is 35.5. The molecule has 1 heterocycles. The fraction of sp³-hybridized carbons (Fsp3) is 0.0625. The monoisotopic (exact) mass is 366 g/mol. The molecule has 0 unspecified atom stereocenters. The molecule has 0 spiro atoms. The van der Waals surface area contributed by atoms with Crippen LogP contribution in [0.1, 0.15) is 9.67 Å². The maximum absolute atomic E-state index is 12.3. The molecule has 7 heteroatoms.